The van der Waals surface area contributed by atoms with Gasteiger partial charge in [0.1, 0.15) is 0 Å². The fourth-order valence-electron chi connectivity index (χ4n) is 1.90. The third-order valence-electron chi connectivity index (χ3n) is 2.86. The molecule has 0 bridgehead atoms. The molecule has 0 aliphatic heterocycles. The van der Waals surface area contributed by atoms with Crippen molar-refractivity contribution in [3.63, 3.8) is 0 Å². The molecule has 0 heterocycles. The first-order chi connectivity index (χ1) is 9.32. The predicted octanol–water partition coefficient (Wildman–Crippen LogP) is 2.81. The molecule has 0 aliphatic carbocycles. The molecule has 0 aliphatic rings. The van der Waals surface area contributed by atoms with Crippen LogP contribution in [-0.2, 0) is 4.79 Å². The van der Waals surface area contributed by atoms with Crippen LogP contribution in [0.2, 0.25) is 0 Å². The first kappa shape index (κ1) is 15.9. The van der Waals surface area contributed by atoms with Crippen molar-refractivity contribution in [3.8, 4) is 0 Å². The third-order valence-corrected chi connectivity index (χ3v) is 2.86. The first-order valence-electron chi connectivity index (χ1n) is 6.25. The number of rotatable bonds is 7. The summed E-state index contributed by atoms with van der Waals surface area (Å²) >= 11 is 0. The lowest BCUT2D eigenvalue weighted by Gasteiger charge is -2.29. The van der Waals surface area contributed by atoms with Gasteiger partial charge < -0.3 is 10.0 Å². The highest BCUT2D eigenvalue weighted by Crippen LogP contribution is 2.25. The highest BCUT2D eigenvalue weighted by atomic mass is 19.1. The summed E-state index contributed by atoms with van der Waals surface area (Å²) in [4.78, 5) is 22.1. The van der Waals surface area contributed by atoms with E-state index in [2.05, 4.69) is 0 Å². The maximum atomic E-state index is 13.9. The zero-order chi connectivity index (χ0) is 15.3. The molecule has 6 nitrogen and oxygen atoms in total. The molecular weight excluding hydrogens is 267 g/mol. The Kier molecular flexibility index (Phi) is 5.42. The molecule has 0 spiro atoms. The van der Waals surface area contributed by atoms with Gasteiger partial charge in [-0.15, -0.1) is 0 Å². The maximum Gasteiger partial charge on any atom is 0.303 e. The van der Waals surface area contributed by atoms with E-state index in [9.17, 15) is 19.3 Å². The SMILES string of the molecule is CC(C)N(CCCC(=O)O)c1ccc([N+](=O)[O-])cc1F. The van der Waals surface area contributed by atoms with Crippen LogP contribution in [0, 0.1) is 15.9 Å². The summed E-state index contributed by atoms with van der Waals surface area (Å²) in [5.41, 5.74) is -0.0588. The molecule has 1 aromatic carbocycles. The zero-order valence-corrected chi connectivity index (χ0v) is 11.4. The molecule has 7 heteroatoms. The second-order valence-corrected chi connectivity index (χ2v) is 4.68. The highest BCUT2D eigenvalue weighted by Gasteiger charge is 2.18. The van der Waals surface area contributed by atoms with Crippen LogP contribution in [0.3, 0.4) is 0 Å². The largest absolute Gasteiger partial charge is 0.481 e. The van der Waals surface area contributed by atoms with E-state index in [0.29, 0.717) is 13.0 Å². The lowest BCUT2D eigenvalue weighted by Crippen LogP contribution is -2.32. The maximum absolute atomic E-state index is 13.9. The van der Waals surface area contributed by atoms with E-state index in [1.807, 2.05) is 13.8 Å². The monoisotopic (exact) mass is 284 g/mol. The minimum atomic E-state index is -0.905. The van der Waals surface area contributed by atoms with Crippen molar-refractivity contribution >= 4 is 17.3 Å². The summed E-state index contributed by atoms with van der Waals surface area (Å²) in [6, 6.07) is 3.43. The Balaban J connectivity index is 2.91. The molecule has 0 radical (unpaired) electrons. The molecule has 0 atom stereocenters. The average Bonchev–Trinajstić information content (AvgIpc) is 2.34. The molecule has 0 amide bonds. The Bertz CT molecular complexity index is 505. The van der Waals surface area contributed by atoms with Gasteiger partial charge in [-0.2, -0.15) is 0 Å². The van der Waals surface area contributed by atoms with E-state index in [1.165, 1.54) is 12.1 Å². The normalized spacial score (nSPS) is 10.6. The van der Waals surface area contributed by atoms with Gasteiger partial charge in [0.05, 0.1) is 16.7 Å². The summed E-state index contributed by atoms with van der Waals surface area (Å²) in [7, 11) is 0. The lowest BCUT2D eigenvalue weighted by molar-refractivity contribution is -0.385. The van der Waals surface area contributed by atoms with Crippen LogP contribution in [0.15, 0.2) is 18.2 Å². The number of benzene rings is 1. The summed E-state index contributed by atoms with van der Waals surface area (Å²) in [5.74, 6) is -1.58. The molecule has 0 fully saturated rings. The number of nitro groups is 1. The van der Waals surface area contributed by atoms with Gasteiger partial charge in [0, 0.05) is 25.1 Å². The highest BCUT2D eigenvalue weighted by molar-refractivity contribution is 5.66. The molecule has 0 aromatic heterocycles. The minimum absolute atomic E-state index is 0.00216. The van der Waals surface area contributed by atoms with Crippen molar-refractivity contribution in [2.45, 2.75) is 32.7 Å². The fourth-order valence-corrected chi connectivity index (χ4v) is 1.90. The lowest BCUT2D eigenvalue weighted by atomic mass is 10.2. The smallest absolute Gasteiger partial charge is 0.303 e. The summed E-state index contributed by atoms with van der Waals surface area (Å²) in [6.45, 7) is 4.07. The van der Waals surface area contributed by atoms with E-state index in [4.69, 9.17) is 5.11 Å². The summed E-state index contributed by atoms with van der Waals surface area (Å²) < 4.78 is 13.9. The quantitative estimate of drug-likeness (QED) is 0.614. The number of carbonyl (C=O) groups is 1. The molecule has 0 saturated carbocycles. The van der Waals surface area contributed by atoms with Gasteiger partial charge in [0.25, 0.3) is 5.69 Å². The fraction of sp³-hybridized carbons (Fsp3) is 0.462. The zero-order valence-electron chi connectivity index (χ0n) is 11.4. The minimum Gasteiger partial charge on any atom is -0.481 e. The van der Waals surface area contributed by atoms with Crippen LogP contribution >= 0.6 is 0 Å². The Morgan fingerprint density at radius 3 is 2.60 bits per heavy atom. The number of aliphatic carboxylic acids is 1. The van der Waals surface area contributed by atoms with Crippen LogP contribution in [0.1, 0.15) is 26.7 Å². The number of anilines is 1. The van der Waals surface area contributed by atoms with Gasteiger partial charge in [0.15, 0.2) is 5.82 Å². The number of hydrogen-bond acceptors (Lipinski definition) is 4. The number of hydrogen-bond donors (Lipinski definition) is 1. The van der Waals surface area contributed by atoms with E-state index in [1.54, 1.807) is 4.90 Å². The van der Waals surface area contributed by atoms with Gasteiger partial charge in [-0.3, -0.25) is 14.9 Å². The van der Waals surface area contributed by atoms with Crippen LogP contribution in [0.4, 0.5) is 15.8 Å². The van der Waals surface area contributed by atoms with Crippen LogP contribution in [0.25, 0.3) is 0 Å². The van der Waals surface area contributed by atoms with Crippen molar-refractivity contribution in [1.29, 1.82) is 0 Å². The second-order valence-electron chi connectivity index (χ2n) is 4.68. The number of carboxylic acid groups (broad SMARTS) is 1. The van der Waals surface area contributed by atoms with E-state index in [0.717, 1.165) is 6.07 Å². The molecule has 110 valence electrons. The summed E-state index contributed by atoms with van der Waals surface area (Å²) in [6.07, 6.45) is 0.377. The average molecular weight is 284 g/mol. The van der Waals surface area contributed by atoms with Crippen molar-refractivity contribution in [1.82, 2.24) is 0 Å². The Hall–Kier alpha value is -2.18. The number of nitro benzene ring substituents is 1. The van der Waals surface area contributed by atoms with Gasteiger partial charge in [-0.05, 0) is 26.3 Å². The summed E-state index contributed by atoms with van der Waals surface area (Å²) in [5, 5.41) is 19.2. The van der Waals surface area contributed by atoms with Gasteiger partial charge in [-0.1, -0.05) is 0 Å². The molecular formula is C13H17FN2O4. The third kappa shape index (κ3) is 4.18. The number of carboxylic acids is 1. The van der Waals surface area contributed by atoms with Gasteiger partial charge >= 0.3 is 5.97 Å². The second kappa shape index (κ2) is 6.83. The van der Waals surface area contributed by atoms with Crippen molar-refractivity contribution in [2.24, 2.45) is 0 Å². The van der Waals surface area contributed by atoms with E-state index in [-0.39, 0.29) is 23.8 Å². The molecule has 20 heavy (non-hydrogen) atoms. The number of halogens is 1. The number of nitrogens with zero attached hydrogens (tertiary/aromatic N) is 2. The molecule has 0 unspecified atom stereocenters. The topological polar surface area (TPSA) is 83.7 Å². The van der Waals surface area contributed by atoms with Gasteiger partial charge in [0.2, 0.25) is 0 Å². The van der Waals surface area contributed by atoms with E-state index >= 15 is 0 Å². The standard InChI is InChI=1S/C13H17FN2O4/c1-9(2)15(7-3-4-13(17)18)12-6-5-10(16(19)20)8-11(12)14/h5-6,8-9H,3-4,7H2,1-2H3,(H,17,18). The molecule has 1 N–H and O–H groups in total. The van der Waals surface area contributed by atoms with Crippen molar-refractivity contribution in [2.75, 3.05) is 11.4 Å². The van der Waals surface area contributed by atoms with Gasteiger partial charge in [-0.25, -0.2) is 4.39 Å². The Labute approximate surface area is 116 Å². The molecule has 0 saturated heterocycles. The number of non-ortho nitro benzene ring substituents is 1. The van der Waals surface area contributed by atoms with Crippen LogP contribution < -0.4 is 4.90 Å². The van der Waals surface area contributed by atoms with Crippen LogP contribution in [-0.4, -0.2) is 28.6 Å². The first-order valence-corrected chi connectivity index (χ1v) is 6.25. The Morgan fingerprint density at radius 1 is 1.50 bits per heavy atom. The predicted molar refractivity (Wildman–Crippen MR) is 72.4 cm³/mol. The van der Waals surface area contributed by atoms with Crippen molar-refractivity contribution < 1.29 is 19.2 Å². The van der Waals surface area contributed by atoms with Crippen LogP contribution in [0.5, 0.6) is 0 Å². The van der Waals surface area contributed by atoms with Crippen molar-refractivity contribution in [3.05, 3.63) is 34.1 Å². The Morgan fingerprint density at radius 2 is 2.15 bits per heavy atom. The molecule has 1 aromatic rings. The van der Waals surface area contributed by atoms with E-state index < -0.39 is 16.7 Å². The molecule has 1 rings (SSSR count).